The van der Waals surface area contributed by atoms with E-state index in [4.69, 9.17) is 28.4 Å². The number of hydrogen-bond donors (Lipinski definition) is 0. The molecule has 7 heteroatoms. The Morgan fingerprint density at radius 3 is 2.44 bits per heavy atom. The van der Waals surface area contributed by atoms with E-state index >= 15 is 0 Å². The first-order valence-electron chi connectivity index (χ1n) is 9.21. The van der Waals surface area contributed by atoms with Crippen molar-refractivity contribution < 1.29 is 33.2 Å². The molecule has 3 heterocycles. The standard InChI is InChI=1S/C20H26O7/c1-12(21)13-6-8-14(9-7-13)22-11-20-17(26-19(4,5)27-20)16-15(10-23-20)24-18(2,3)25-16/h6-9,15-17H,10-11H2,1-5H3. The average Bonchev–Trinajstić information content (AvgIpc) is 3.05. The Balaban J connectivity index is 1.53. The minimum atomic E-state index is -1.09. The largest absolute Gasteiger partial charge is 0.488 e. The number of ether oxygens (including phenoxy) is 6. The van der Waals surface area contributed by atoms with Crippen molar-refractivity contribution in [2.24, 2.45) is 0 Å². The van der Waals surface area contributed by atoms with E-state index in [0.29, 0.717) is 17.9 Å². The second kappa shape index (κ2) is 6.25. The highest BCUT2D eigenvalue weighted by Gasteiger charge is 2.65. The van der Waals surface area contributed by atoms with Crippen molar-refractivity contribution >= 4 is 5.78 Å². The van der Waals surface area contributed by atoms with E-state index in [2.05, 4.69) is 0 Å². The van der Waals surface area contributed by atoms with Crippen LogP contribution in [0.15, 0.2) is 24.3 Å². The maximum Gasteiger partial charge on any atom is 0.235 e. The monoisotopic (exact) mass is 378 g/mol. The zero-order valence-corrected chi connectivity index (χ0v) is 16.3. The Kier molecular flexibility index (Phi) is 4.36. The van der Waals surface area contributed by atoms with Crippen molar-refractivity contribution in [3.8, 4) is 5.75 Å². The van der Waals surface area contributed by atoms with Crippen LogP contribution in [0.1, 0.15) is 45.0 Å². The highest BCUT2D eigenvalue weighted by molar-refractivity contribution is 5.94. The summed E-state index contributed by atoms with van der Waals surface area (Å²) in [7, 11) is 0. The van der Waals surface area contributed by atoms with Gasteiger partial charge in [-0.2, -0.15) is 0 Å². The quantitative estimate of drug-likeness (QED) is 0.746. The fourth-order valence-corrected chi connectivity index (χ4v) is 3.92. The third-order valence-electron chi connectivity index (χ3n) is 4.98. The van der Waals surface area contributed by atoms with E-state index in [-0.39, 0.29) is 24.6 Å². The van der Waals surface area contributed by atoms with Crippen LogP contribution in [0.3, 0.4) is 0 Å². The summed E-state index contributed by atoms with van der Waals surface area (Å²) in [5.41, 5.74) is 0.635. The lowest BCUT2D eigenvalue weighted by Crippen LogP contribution is -2.61. The van der Waals surface area contributed by atoms with E-state index < -0.39 is 23.5 Å². The van der Waals surface area contributed by atoms with E-state index in [9.17, 15) is 4.79 Å². The second-order valence-corrected chi connectivity index (χ2v) is 8.17. The fraction of sp³-hybridized carbons (Fsp3) is 0.650. The maximum absolute atomic E-state index is 11.4. The summed E-state index contributed by atoms with van der Waals surface area (Å²) in [5.74, 6) is -1.99. The zero-order valence-electron chi connectivity index (χ0n) is 16.3. The van der Waals surface area contributed by atoms with Gasteiger partial charge < -0.3 is 28.4 Å². The molecule has 4 unspecified atom stereocenters. The molecule has 27 heavy (non-hydrogen) atoms. The Morgan fingerprint density at radius 1 is 1.07 bits per heavy atom. The second-order valence-electron chi connectivity index (χ2n) is 8.17. The number of fused-ring (bicyclic) bond motifs is 3. The Labute approximate surface area is 158 Å². The molecule has 0 amide bonds. The van der Waals surface area contributed by atoms with Crippen molar-refractivity contribution in [1.82, 2.24) is 0 Å². The average molecular weight is 378 g/mol. The number of hydrogen-bond acceptors (Lipinski definition) is 7. The predicted octanol–water partition coefficient (Wildman–Crippen LogP) is 2.67. The van der Waals surface area contributed by atoms with Crippen LogP contribution in [0.4, 0.5) is 0 Å². The van der Waals surface area contributed by atoms with Crippen molar-refractivity contribution in [3.05, 3.63) is 29.8 Å². The topological polar surface area (TPSA) is 72.5 Å². The normalized spacial score (nSPS) is 36.1. The predicted molar refractivity (Wildman–Crippen MR) is 94.5 cm³/mol. The summed E-state index contributed by atoms with van der Waals surface area (Å²) in [5, 5.41) is 0. The highest BCUT2D eigenvalue weighted by atomic mass is 16.9. The van der Waals surface area contributed by atoms with E-state index in [1.807, 2.05) is 27.7 Å². The molecule has 0 radical (unpaired) electrons. The smallest absolute Gasteiger partial charge is 0.235 e. The molecule has 0 spiro atoms. The Hall–Kier alpha value is -1.51. The van der Waals surface area contributed by atoms with E-state index in [1.54, 1.807) is 24.3 Å². The third-order valence-corrected chi connectivity index (χ3v) is 4.98. The number of carbonyl (C=O) groups is 1. The lowest BCUT2D eigenvalue weighted by atomic mass is 9.97. The van der Waals surface area contributed by atoms with Gasteiger partial charge in [0, 0.05) is 5.56 Å². The lowest BCUT2D eigenvalue weighted by molar-refractivity contribution is -0.290. The molecule has 0 aromatic heterocycles. The molecule has 4 atom stereocenters. The SMILES string of the molecule is CC(=O)c1ccc(OCC23OCC4OC(C)(C)OC4C2OC(C)(C)O3)cc1. The molecule has 1 aromatic rings. The molecular weight excluding hydrogens is 352 g/mol. The molecule has 148 valence electrons. The molecule has 1 aromatic carbocycles. The first-order valence-corrected chi connectivity index (χ1v) is 9.21. The van der Waals surface area contributed by atoms with Gasteiger partial charge in [0.25, 0.3) is 0 Å². The molecular formula is C20H26O7. The summed E-state index contributed by atoms with van der Waals surface area (Å²) in [6.07, 6.45) is -1.01. The van der Waals surface area contributed by atoms with Crippen LogP contribution in [0, 0.1) is 0 Å². The molecule has 7 nitrogen and oxygen atoms in total. The molecule has 3 saturated heterocycles. The number of carbonyl (C=O) groups excluding carboxylic acids is 1. The van der Waals surface area contributed by atoms with Gasteiger partial charge in [-0.3, -0.25) is 4.79 Å². The Bertz CT molecular complexity index is 726. The number of Topliss-reactive ketones (excluding diaryl/α,β-unsaturated/α-hetero) is 1. The molecule has 0 saturated carbocycles. The van der Waals surface area contributed by atoms with Crippen molar-refractivity contribution in [2.45, 2.75) is 70.3 Å². The first kappa shape index (κ1) is 18.8. The van der Waals surface area contributed by atoms with Gasteiger partial charge in [-0.1, -0.05) is 0 Å². The van der Waals surface area contributed by atoms with E-state index in [1.165, 1.54) is 6.92 Å². The van der Waals surface area contributed by atoms with Crippen LogP contribution in [-0.4, -0.2) is 54.7 Å². The van der Waals surface area contributed by atoms with Crippen molar-refractivity contribution in [1.29, 1.82) is 0 Å². The van der Waals surface area contributed by atoms with Crippen molar-refractivity contribution in [2.75, 3.05) is 13.2 Å². The van der Waals surface area contributed by atoms with Crippen LogP contribution in [0.2, 0.25) is 0 Å². The minimum Gasteiger partial charge on any atom is -0.488 e. The maximum atomic E-state index is 11.4. The van der Waals surface area contributed by atoms with Gasteiger partial charge in [-0.15, -0.1) is 0 Å². The first-order chi connectivity index (χ1) is 12.6. The van der Waals surface area contributed by atoms with Gasteiger partial charge in [0.15, 0.2) is 17.4 Å². The number of benzene rings is 1. The molecule has 3 aliphatic rings. The highest BCUT2D eigenvalue weighted by Crippen LogP contribution is 2.47. The van der Waals surface area contributed by atoms with Gasteiger partial charge in [-0.25, -0.2) is 0 Å². The van der Waals surface area contributed by atoms with Crippen LogP contribution < -0.4 is 4.74 Å². The fourth-order valence-electron chi connectivity index (χ4n) is 3.92. The summed E-state index contributed by atoms with van der Waals surface area (Å²) >= 11 is 0. The van der Waals surface area contributed by atoms with Gasteiger partial charge in [0.1, 0.15) is 30.7 Å². The van der Waals surface area contributed by atoms with Crippen LogP contribution >= 0.6 is 0 Å². The van der Waals surface area contributed by atoms with Crippen LogP contribution in [-0.2, 0) is 23.7 Å². The molecule has 0 bridgehead atoms. The third kappa shape index (κ3) is 3.50. The molecule has 0 aliphatic carbocycles. The van der Waals surface area contributed by atoms with Crippen LogP contribution in [0.5, 0.6) is 5.75 Å². The van der Waals surface area contributed by atoms with E-state index in [0.717, 1.165) is 0 Å². The minimum absolute atomic E-state index is 0.0112. The Morgan fingerprint density at radius 2 is 1.78 bits per heavy atom. The summed E-state index contributed by atoms with van der Waals surface area (Å²) < 4.78 is 36.3. The number of ketones is 1. The van der Waals surface area contributed by atoms with Gasteiger partial charge in [0.05, 0.1) is 6.61 Å². The molecule has 3 fully saturated rings. The van der Waals surface area contributed by atoms with Crippen molar-refractivity contribution in [3.63, 3.8) is 0 Å². The molecule has 0 N–H and O–H groups in total. The zero-order chi connectivity index (χ0) is 19.4. The number of rotatable bonds is 4. The van der Waals surface area contributed by atoms with Gasteiger partial charge in [0.2, 0.25) is 5.79 Å². The lowest BCUT2D eigenvalue weighted by Gasteiger charge is -2.40. The van der Waals surface area contributed by atoms with Gasteiger partial charge in [-0.05, 0) is 58.9 Å². The molecule has 4 rings (SSSR count). The summed E-state index contributed by atoms with van der Waals surface area (Å²) in [6, 6.07) is 6.98. The molecule has 3 aliphatic heterocycles. The van der Waals surface area contributed by atoms with Gasteiger partial charge >= 0.3 is 0 Å². The van der Waals surface area contributed by atoms with Crippen LogP contribution in [0.25, 0.3) is 0 Å². The summed E-state index contributed by atoms with van der Waals surface area (Å²) in [4.78, 5) is 11.4. The summed E-state index contributed by atoms with van der Waals surface area (Å²) in [6.45, 7) is 9.43.